The summed E-state index contributed by atoms with van der Waals surface area (Å²) in [6, 6.07) is 6.26. The Bertz CT molecular complexity index is 429. The number of pyridine rings is 1. The van der Waals surface area contributed by atoms with Gasteiger partial charge in [-0.25, -0.2) is 4.98 Å². The molecule has 0 bridgehead atoms. The second-order valence-electron chi connectivity index (χ2n) is 5.71. The maximum Gasteiger partial charge on any atom is 0.234 e. The molecule has 0 radical (unpaired) electrons. The van der Waals surface area contributed by atoms with E-state index < -0.39 is 0 Å². The lowest BCUT2D eigenvalue weighted by molar-refractivity contribution is -0.122. The number of nitrogens with zero attached hydrogens (tertiary/aromatic N) is 3. The topological polar surface area (TPSA) is 48.5 Å². The molecule has 0 aromatic carbocycles. The molecule has 1 atom stereocenters. The van der Waals surface area contributed by atoms with Gasteiger partial charge in [0, 0.05) is 38.4 Å². The fraction of sp³-hybridized carbons (Fsp3) is 0.625. The lowest BCUT2D eigenvalue weighted by Crippen LogP contribution is -2.50. The van der Waals surface area contributed by atoms with Crippen LogP contribution in [0.4, 0.5) is 5.82 Å². The first kappa shape index (κ1) is 15.8. The highest BCUT2D eigenvalue weighted by molar-refractivity contribution is 5.78. The summed E-state index contributed by atoms with van der Waals surface area (Å²) in [6.45, 7) is 8.38. The average Bonchev–Trinajstić information content (AvgIpc) is 2.49. The molecule has 0 spiro atoms. The summed E-state index contributed by atoms with van der Waals surface area (Å²) in [5.74, 6) is 1.17. The third kappa shape index (κ3) is 5.01. The van der Waals surface area contributed by atoms with E-state index in [1.807, 2.05) is 24.4 Å². The summed E-state index contributed by atoms with van der Waals surface area (Å²) in [6.07, 6.45) is 3.97. The van der Waals surface area contributed by atoms with Crippen molar-refractivity contribution in [1.82, 2.24) is 15.2 Å². The highest BCUT2D eigenvalue weighted by Crippen LogP contribution is 2.12. The molecule has 1 fully saturated rings. The maximum absolute atomic E-state index is 12.0. The van der Waals surface area contributed by atoms with Crippen molar-refractivity contribution in [2.45, 2.75) is 32.7 Å². The fourth-order valence-corrected chi connectivity index (χ4v) is 2.70. The number of carbonyl (C=O) groups is 1. The molecule has 2 heterocycles. The third-order valence-electron chi connectivity index (χ3n) is 3.84. The SMILES string of the molecule is CCC[C@@H](C)NC(=O)CN1CCN(c2ccccn2)CC1. The summed E-state index contributed by atoms with van der Waals surface area (Å²) < 4.78 is 0. The first-order valence-corrected chi connectivity index (χ1v) is 7.86. The summed E-state index contributed by atoms with van der Waals surface area (Å²) in [7, 11) is 0. The molecule has 1 amide bonds. The summed E-state index contributed by atoms with van der Waals surface area (Å²) in [4.78, 5) is 20.8. The number of nitrogens with one attached hydrogen (secondary N) is 1. The van der Waals surface area contributed by atoms with Gasteiger partial charge in [-0.05, 0) is 25.5 Å². The van der Waals surface area contributed by atoms with Gasteiger partial charge in [-0.3, -0.25) is 9.69 Å². The maximum atomic E-state index is 12.0. The van der Waals surface area contributed by atoms with Crippen LogP contribution >= 0.6 is 0 Å². The number of hydrogen-bond acceptors (Lipinski definition) is 4. The van der Waals surface area contributed by atoms with Crippen LogP contribution in [0.25, 0.3) is 0 Å². The fourth-order valence-electron chi connectivity index (χ4n) is 2.70. The first-order chi connectivity index (χ1) is 10.2. The number of aromatic nitrogens is 1. The molecule has 21 heavy (non-hydrogen) atoms. The Hall–Kier alpha value is -1.62. The van der Waals surface area contributed by atoms with Crippen molar-refractivity contribution >= 4 is 11.7 Å². The predicted octanol–water partition coefficient (Wildman–Crippen LogP) is 1.51. The van der Waals surface area contributed by atoms with Crippen molar-refractivity contribution in [3.8, 4) is 0 Å². The van der Waals surface area contributed by atoms with E-state index in [-0.39, 0.29) is 11.9 Å². The Balaban J connectivity index is 1.73. The van der Waals surface area contributed by atoms with Crippen molar-refractivity contribution in [2.24, 2.45) is 0 Å². The van der Waals surface area contributed by atoms with E-state index in [1.165, 1.54) is 0 Å². The zero-order chi connectivity index (χ0) is 15.1. The van der Waals surface area contributed by atoms with Crippen molar-refractivity contribution in [3.63, 3.8) is 0 Å². The first-order valence-electron chi connectivity index (χ1n) is 7.86. The molecule has 0 aliphatic carbocycles. The van der Waals surface area contributed by atoms with Crippen LogP contribution in [0, 0.1) is 0 Å². The number of carbonyl (C=O) groups excluding carboxylic acids is 1. The molecule has 1 N–H and O–H groups in total. The van der Waals surface area contributed by atoms with Gasteiger partial charge < -0.3 is 10.2 Å². The van der Waals surface area contributed by atoms with Crippen LogP contribution in [0.2, 0.25) is 0 Å². The summed E-state index contributed by atoms with van der Waals surface area (Å²) in [5, 5.41) is 3.06. The molecule has 5 nitrogen and oxygen atoms in total. The van der Waals surface area contributed by atoms with Crippen molar-refractivity contribution < 1.29 is 4.79 Å². The van der Waals surface area contributed by atoms with E-state index in [2.05, 4.69) is 33.9 Å². The molecular formula is C16H26N4O. The van der Waals surface area contributed by atoms with Gasteiger partial charge in [-0.2, -0.15) is 0 Å². The van der Waals surface area contributed by atoms with E-state index in [1.54, 1.807) is 0 Å². The van der Waals surface area contributed by atoms with E-state index in [9.17, 15) is 4.79 Å². The van der Waals surface area contributed by atoms with Gasteiger partial charge >= 0.3 is 0 Å². The van der Waals surface area contributed by atoms with Crippen LogP contribution in [0.3, 0.4) is 0 Å². The van der Waals surface area contributed by atoms with Gasteiger partial charge in [-0.15, -0.1) is 0 Å². The molecular weight excluding hydrogens is 264 g/mol. The molecule has 5 heteroatoms. The quantitative estimate of drug-likeness (QED) is 0.863. The monoisotopic (exact) mass is 290 g/mol. The van der Waals surface area contributed by atoms with E-state index in [0.717, 1.165) is 44.8 Å². The Morgan fingerprint density at radius 1 is 1.33 bits per heavy atom. The minimum absolute atomic E-state index is 0.141. The highest BCUT2D eigenvalue weighted by Gasteiger charge is 2.20. The van der Waals surface area contributed by atoms with Crippen LogP contribution < -0.4 is 10.2 Å². The van der Waals surface area contributed by atoms with Crippen LogP contribution in [0.15, 0.2) is 24.4 Å². The van der Waals surface area contributed by atoms with Crippen molar-refractivity contribution in [1.29, 1.82) is 0 Å². The number of amides is 1. The van der Waals surface area contributed by atoms with Crippen molar-refractivity contribution in [2.75, 3.05) is 37.6 Å². The number of rotatable bonds is 6. The lowest BCUT2D eigenvalue weighted by atomic mass is 10.2. The Labute approximate surface area is 127 Å². The number of hydrogen-bond donors (Lipinski definition) is 1. The molecule has 116 valence electrons. The summed E-state index contributed by atoms with van der Waals surface area (Å²) >= 11 is 0. The van der Waals surface area contributed by atoms with E-state index in [0.29, 0.717) is 6.54 Å². The van der Waals surface area contributed by atoms with E-state index >= 15 is 0 Å². The van der Waals surface area contributed by atoms with Gasteiger partial charge in [0.2, 0.25) is 5.91 Å². The van der Waals surface area contributed by atoms with Gasteiger partial charge in [0.25, 0.3) is 0 Å². The zero-order valence-corrected chi connectivity index (χ0v) is 13.1. The Kier molecular flexibility index (Phi) is 5.99. The van der Waals surface area contributed by atoms with Crippen LogP contribution in [0.1, 0.15) is 26.7 Å². The van der Waals surface area contributed by atoms with E-state index in [4.69, 9.17) is 0 Å². The lowest BCUT2D eigenvalue weighted by Gasteiger charge is -2.35. The molecule has 1 aliphatic rings. The number of piperazine rings is 1. The predicted molar refractivity (Wildman–Crippen MR) is 85.4 cm³/mol. The van der Waals surface area contributed by atoms with Gasteiger partial charge in [0.15, 0.2) is 0 Å². The van der Waals surface area contributed by atoms with Gasteiger partial charge in [0.05, 0.1) is 6.54 Å². The minimum Gasteiger partial charge on any atom is -0.354 e. The highest BCUT2D eigenvalue weighted by atomic mass is 16.2. The minimum atomic E-state index is 0.141. The van der Waals surface area contributed by atoms with Crippen molar-refractivity contribution in [3.05, 3.63) is 24.4 Å². The molecule has 1 saturated heterocycles. The molecule has 1 aliphatic heterocycles. The standard InChI is InChI=1S/C16H26N4O/c1-3-6-14(2)18-16(21)13-19-9-11-20(12-10-19)15-7-4-5-8-17-15/h4-5,7-8,14H,3,6,9-13H2,1-2H3,(H,18,21)/t14-/m1/s1. The Morgan fingerprint density at radius 2 is 2.10 bits per heavy atom. The van der Waals surface area contributed by atoms with Crippen LogP contribution in [-0.2, 0) is 4.79 Å². The largest absolute Gasteiger partial charge is 0.354 e. The third-order valence-corrected chi connectivity index (χ3v) is 3.84. The normalized spacial score (nSPS) is 17.5. The second-order valence-corrected chi connectivity index (χ2v) is 5.71. The zero-order valence-electron chi connectivity index (χ0n) is 13.1. The molecule has 2 rings (SSSR count). The molecule has 0 saturated carbocycles. The van der Waals surface area contributed by atoms with Gasteiger partial charge in [0.1, 0.15) is 5.82 Å². The Morgan fingerprint density at radius 3 is 2.71 bits per heavy atom. The number of anilines is 1. The average molecular weight is 290 g/mol. The smallest absolute Gasteiger partial charge is 0.234 e. The molecule has 1 aromatic rings. The summed E-state index contributed by atoms with van der Waals surface area (Å²) in [5.41, 5.74) is 0. The second kappa shape index (κ2) is 7.98. The van der Waals surface area contributed by atoms with Gasteiger partial charge in [-0.1, -0.05) is 19.4 Å². The molecule has 0 unspecified atom stereocenters. The molecule has 1 aromatic heterocycles. The van der Waals surface area contributed by atoms with Crippen LogP contribution in [-0.4, -0.2) is 54.6 Å². The van der Waals surface area contributed by atoms with Crippen LogP contribution in [0.5, 0.6) is 0 Å².